The molecule has 9 heteroatoms. The van der Waals surface area contributed by atoms with Crippen LogP contribution in [-0.4, -0.2) is 28.4 Å². The molecule has 0 unspecified atom stereocenters. The molecule has 148 valence electrons. The largest absolute Gasteiger partial charge is 0.329 e. The van der Waals surface area contributed by atoms with Gasteiger partial charge in [-0.05, 0) is 43.2 Å². The van der Waals surface area contributed by atoms with E-state index in [1.807, 2.05) is 50.2 Å². The normalized spacial score (nSPS) is 10.4. The van der Waals surface area contributed by atoms with Gasteiger partial charge >= 0.3 is 0 Å². The van der Waals surface area contributed by atoms with Crippen molar-refractivity contribution >= 4 is 57.1 Å². The number of aryl methyl sites for hydroxylation is 2. The molecule has 1 heterocycles. The number of nitrogens with one attached hydrogen (secondary N) is 1. The molecule has 3 aromatic rings. The highest BCUT2D eigenvalue weighted by atomic mass is 35.5. The number of hydrogen-bond donors (Lipinski definition) is 1. The van der Waals surface area contributed by atoms with E-state index in [0.717, 1.165) is 16.8 Å². The number of aromatic nitrogens is 2. The van der Waals surface area contributed by atoms with Crippen LogP contribution in [0.5, 0.6) is 0 Å². The first kappa shape index (κ1) is 21.1. The second-order valence-electron chi connectivity index (χ2n) is 6.20. The summed E-state index contributed by atoms with van der Waals surface area (Å²) in [5, 5.41) is 21.7. The van der Waals surface area contributed by atoms with Crippen molar-refractivity contribution in [2.45, 2.75) is 18.2 Å². The van der Waals surface area contributed by atoms with E-state index in [0.29, 0.717) is 20.2 Å². The SMILES string of the molecule is Cc1cc(C)c(Nc2nnc(SCC(=O)N(CC#N)c3ccccc3)s2)c(Cl)c1. The van der Waals surface area contributed by atoms with Crippen molar-refractivity contribution in [1.29, 1.82) is 5.26 Å². The minimum Gasteiger partial charge on any atom is -0.329 e. The minimum atomic E-state index is -0.162. The number of amides is 1. The van der Waals surface area contributed by atoms with Crippen LogP contribution >= 0.6 is 34.7 Å². The third-order valence-corrected chi connectivity index (χ3v) is 6.24. The predicted octanol–water partition coefficient (Wildman–Crippen LogP) is 5.20. The van der Waals surface area contributed by atoms with Crippen LogP contribution in [0.3, 0.4) is 0 Å². The summed E-state index contributed by atoms with van der Waals surface area (Å²) < 4.78 is 0.659. The Balaban J connectivity index is 1.64. The van der Waals surface area contributed by atoms with Gasteiger partial charge in [0.2, 0.25) is 11.0 Å². The van der Waals surface area contributed by atoms with E-state index < -0.39 is 0 Å². The molecular weight excluding hydrogens is 426 g/mol. The molecule has 0 aliphatic carbocycles. The molecule has 0 bridgehead atoms. The number of para-hydroxylation sites is 1. The molecule has 0 atom stereocenters. The van der Waals surface area contributed by atoms with Gasteiger partial charge in [-0.2, -0.15) is 5.26 Å². The highest BCUT2D eigenvalue weighted by Crippen LogP contribution is 2.33. The van der Waals surface area contributed by atoms with E-state index in [4.69, 9.17) is 16.9 Å². The van der Waals surface area contributed by atoms with E-state index >= 15 is 0 Å². The first-order chi connectivity index (χ1) is 14.0. The minimum absolute atomic E-state index is 0.00245. The molecule has 0 saturated carbocycles. The molecule has 0 spiro atoms. The summed E-state index contributed by atoms with van der Waals surface area (Å²) in [6.45, 7) is 3.96. The van der Waals surface area contributed by atoms with Gasteiger partial charge in [-0.25, -0.2) is 0 Å². The van der Waals surface area contributed by atoms with Crippen LogP contribution in [0.2, 0.25) is 5.02 Å². The Morgan fingerprint density at radius 3 is 2.72 bits per heavy atom. The van der Waals surface area contributed by atoms with Gasteiger partial charge in [0.25, 0.3) is 0 Å². The van der Waals surface area contributed by atoms with E-state index in [1.165, 1.54) is 28.0 Å². The number of benzene rings is 2. The summed E-state index contributed by atoms with van der Waals surface area (Å²) in [5.74, 6) is 0.0000798. The highest BCUT2D eigenvalue weighted by Gasteiger charge is 2.17. The standard InChI is InChI=1S/C20H18ClN5OS2/c1-13-10-14(2)18(16(21)11-13)23-19-24-25-20(29-19)28-12-17(27)26(9-8-22)15-6-4-3-5-7-15/h3-7,10-11H,9,12H2,1-2H3,(H,23,24). The lowest BCUT2D eigenvalue weighted by Crippen LogP contribution is -2.32. The topological polar surface area (TPSA) is 81.9 Å². The zero-order valence-corrected chi connectivity index (χ0v) is 18.2. The lowest BCUT2D eigenvalue weighted by molar-refractivity contribution is -0.116. The Kier molecular flexibility index (Phi) is 7.09. The zero-order chi connectivity index (χ0) is 20.8. The molecule has 0 aliphatic rings. The predicted molar refractivity (Wildman–Crippen MR) is 119 cm³/mol. The Labute approximate surface area is 182 Å². The van der Waals surface area contributed by atoms with Gasteiger partial charge < -0.3 is 5.32 Å². The molecule has 0 saturated heterocycles. The van der Waals surface area contributed by atoms with Gasteiger partial charge in [-0.15, -0.1) is 10.2 Å². The summed E-state index contributed by atoms with van der Waals surface area (Å²) >= 11 is 8.97. The summed E-state index contributed by atoms with van der Waals surface area (Å²) in [4.78, 5) is 14.1. The van der Waals surface area contributed by atoms with Gasteiger partial charge in [0, 0.05) is 5.69 Å². The molecule has 1 N–H and O–H groups in total. The average Bonchev–Trinajstić information content (AvgIpc) is 3.15. The van der Waals surface area contributed by atoms with E-state index in [-0.39, 0.29) is 18.2 Å². The fraction of sp³-hybridized carbons (Fsp3) is 0.200. The number of carbonyl (C=O) groups is 1. The van der Waals surface area contributed by atoms with Gasteiger partial charge in [0.1, 0.15) is 6.54 Å². The van der Waals surface area contributed by atoms with Gasteiger partial charge in [0.05, 0.1) is 22.5 Å². The molecule has 3 rings (SSSR count). The van der Waals surface area contributed by atoms with Crippen LogP contribution in [0.1, 0.15) is 11.1 Å². The van der Waals surface area contributed by atoms with Crippen LogP contribution < -0.4 is 10.2 Å². The van der Waals surface area contributed by atoms with Crippen LogP contribution in [-0.2, 0) is 4.79 Å². The highest BCUT2D eigenvalue weighted by molar-refractivity contribution is 8.01. The Hall–Kier alpha value is -2.60. The van der Waals surface area contributed by atoms with E-state index in [2.05, 4.69) is 15.5 Å². The first-order valence-corrected chi connectivity index (χ1v) is 10.9. The summed E-state index contributed by atoms with van der Waals surface area (Å²) in [6.07, 6.45) is 0. The van der Waals surface area contributed by atoms with Crippen LogP contribution in [0.25, 0.3) is 0 Å². The van der Waals surface area contributed by atoms with E-state index in [9.17, 15) is 4.79 Å². The molecule has 1 amide bonds. The quantitative estimate of drug-likeness (QED) is 0.399. The molecule has 0 aliphatic heterocycles. The second kappa shape index (κ2) is 9.74. The molecule has 0 radical (unpaired) electrons. The number of halogens is 1. The lowest BCUT2D eigenvalue weighted by atomic mass is 10.1. The van der Waals surface area contributed by atoms with Crippen molar-refractivity contribution < 1.29 is 4.79 Å². The molecule has 1 aromatic heterocycles. The second-order valence-corrected chi connectivity index (χ2v) is 8.81. The maximum Gasteiger partial charge on any atom is 0.238 e. The first-order valence-electron chi connectivity index (χ1n) is 8.70. The fourth-order valence-corrected chi connectivity index (χ4v) is 4.70. The number of nitriles is 1. The Bertz CT molecular complexity index is 1030. The van der Waals surface area contributed by atoms with Gasteiger partial charge in [-0.3, -0.25) is 9.69 Å². The van der Waals surface area contributed by atoms with Crippen molar-refractivity contribution in [3.8, 4) is 6.07 Å². The smallest absolute Gasteiger partial charge is 0.238 e. The van der Waals surface area contributed by atoms with Crippen molar-refractivity contribution in [3.05, 3.63) is 58.6 Å². The summed E-state index contributed by atoms with van der Waals surface area (Å²) in [7, 11) is 0. The van der Waals surface area contributed by atoms with Crippen molar-refractivity contribution in [3.63, 3.8) is 0 Å². The molecule has 29 heavy (non-hydrogen) atoms. The number of carbonyl (C=O) groups excluding carboxylic acids is 1. The Morgan fingerprint density at radius 1 is 1.28 bits per heavy atom. The van der Waals surface area contributed by atoms with Crippen LogP contribution in [0, 0.1) is 25.2 Å². The van der Waals surface area contributed by atoms with Gasteiger partial charge in [-0.1, -0.05) is 59.0 Å². The van der Waals surface area contributed by atoms with Crippen molar-refractivity contribution in [2.75, 3.05) is 22.5 Å². The summed E-state index contributed by atoms with van der Waals surface area (Å²) in [5.41, 5.74) is 3.60. The van der Waals surface area contributed by atoms with Crippen molar-refractivity contribution in [1.82, 2.24) is 10.2 Å². The number of hydrogen-bond acceptors (Lipinski definition) is 7. The van der Waals surface area contributed by atoms with Crippen molar-refractivity contribution in [2.24, 2.45) is 0 Å². The lowest BCUT2D eigenvalue weighted by Gasteiger charge is -2.19. The van der Waals surface area contributed by atoms with Gasteiger partial charge in [0.15, 0.2) is 4.34 Å². The molecule has 0 fully saturated rings. The van der Waals surface area contributed by atoms with Crippen LogP contribution in [0.15, 0.2) is 46.8 Å². The third kappa shape index (κ3) is 5.48. The average molecular weight is 444 g/mol. The third-order valence-electron chi connectivity index (χ3n) is 3.99. The molecular formula is C20H18ClN5OS2. The molecule has 2 aromatic carbocycles. The number of anilines is 3. The summed E-state index contributed by atoms with van der Waals surface area (Å²) in [6, 6.07) is 15.1. The number of nitrogens with zero attached hydrogens (tertiary/aromatic N) is 4. The number of rotatable bonds is 7. The Morgan fingerprint density at radius 2 is 2.03 bits per heavy atom. The maximum absolute atomic E-state index is 12.6. The monoisotopic (exact) mass is 443 g/mol. The maximum atomic E-state index is 12.6. The molecule has 6 nitrogen and oxygen atoms in total. The van der Waals surface area contributed by atoms with Crippen LogP contribution in [0.4, 0.5) is 16.5 Å². The van der Waals surface area contributed by atoms with E-state index in [1.54, 1.807) is 12.1 Å². The zero-order valence-electron chi connectivity index (χ0n) is 15.8. The fourth-order valence-electron chi connectivity index (χ4n) is 2.70. The number of thioether (sulfide) groups is 1.